The lowest BCUT2D eigenvalue weighted by molar-refractivity contribution is -0.126. The fourth-order valence-electron chi connectivity index (χ4n) is 4.39. The van der Waals surface area contributed by atoms with E-state index in [2.05, 4.69) is 25.3 Å². The molecule has 0 aromatic carbocycles. The van der Waals surface area contributed by atoms with Crippen LogP contribution in [-0.2, 0) is 11.3 Å². The first-order chi connectivity index (χ1) is 14.8. The van der Waals surface area contributed by atoms with Crippen molar-refractivity contribution in [2.24, 2.45) is 5.92 Å². The van der Waals surface area contributed by atoms with Gasteiger partial charge >= 0.3 is 0 Å². The smallest absolute Gasteiger partial charge is 0.241 e. The summed E-state index contributed by atoms with van der Waals surface area (Å²) in [6.07, 6.45) is 8.22. The lowest BCUT2D eigenvalue weighted by Crippen LogP contribution is -2.41. The molecule has 4 heterocycles. The zero-order valence-corrected chi connectivity index (χ0v) is 18.5. The van der Waals surface area contributed by atoms with E-state index in [1.54, 1.807) is 11.3 Å². The van der Waals surface area contributed by atoms with Gasteiger partial charge in [-0.05, 0) is 76.3 Å². The second kappa shape index (κ2) is 11.0. The van der Waals surface area contributed by atoms with Crippen LogP contribution in [-0.4, -0.2) is 65.1 Å². The van der Waals surface area contributed by atoms with Crippen molar-refractivity contribution in [2.75, 3.05) is 39.3 Å². The van der Waals surface area contributed by atoms with Gasteiger partial charge in [0, 0.05) is 12.5 Å². The minimum atomic E-state index is 0.129. The number of likely N-dealkylation sites (tertiary alicyclic amines) is 2. The number of piperidine rings is 1. The van der Waals surface area contributed by atoms with Gasteiger partial charge in [0.15, 0.2) is 0 Å². The molecular formula is C22H33N5O2S. The van der Waals surface area contributed by atoms with Gasteiger partial charge in [0.1, 0.15) is 0 Å². The van der Waals surface area contributed by atoms with Crippen LogP contribution in [0.1, 0.15) is 50.8 Å². The van der Waals surface area contributed by atoms with Gasteiger partial charge in [0.2, 0.25) is 17.6 Å². The van der Waals surface area contributed by atoms with E-state index >= 15 is 0 Å². The summed E-state index contributed by atoms with van der Waals surface area (Å²) in [6, 6.07) is 3.98. The van der Waals surface area contributed by atoms with E-state index in [9.17, 15) is 4.79 Å². The zero-order chi connectivity index (χ0) is 20.6. The van der Waals surface area contributed by atoms with Gasteiger partial charge in [-0.15, -0.1) is 11.3 Å². The summed E-state index contributed by atoms with van der Waals surface area (Å²) in [6.45, 7) is 6.79. The Labute approximate surface area is 182 Å². The number of hydrogen-bond acceptors (Lipinski definition) is 7. The third-order valence-electron chi connectivity index (χ3n) is 6.18. The van der Waals surface area contributed by atoms with Gasteiger partial charge in [-0.3, -0.25) is 9.69 Å². The van der Waals surface area contributed by atoms with Gasteiger partial charge in [0.05, 0.1) is 11.4 Å². The molecule has 0 unspecified atom stereocenters. The highest BCUT2D eigenvalue weighted by molar-refractivity contribution is 7.13. The third-order valence-corrected chi connectivity index (χ3v) is 7.04. The van der Waals surface area contributed by atoms with Gasteiger partial charge < -0.3 is 14.7 Å². The Hall–Kier alpha value is -1.77. The summed E-state index contributed by atoms with van der Waals surface area (Å²) >= 11 is 1.61. The van der Waals surface area contributed by atoms with E-state index in [-0.39, 0.29) is 11.8 Å². The molecule has 30 heavy (non-hydrogen) atoms. The molecule has 164 valence electrons. The van der Waals surface area contributed by atoms with Crippen LogP contribution in [0.15, 0.2) is 22.0 Å². The molecule has 7 nitrogen and oxygen atoms in total. The SMILES string of the molecule is O=C(NCCCN1CCCCCC1)C1CCN(Cc2nc(-c3cccs3)no2)CC1. The average Bonchev–Trinajstić information content (AvgIpc) is 3.39. The molecule has 0 aliphatic carbocycles. The van der Waals surface area contributed by atoms with Crippen molar-refractivity contribution in [3.63, 3.8) is 0 Å². The normalized spacial score (nSPS) is 19.6. The molecule has 0 saturated carbocycles. The van der Waals surface area contributed by atoms with Crippen LogP contribution in [0.2, 0.25) is 0 Å². The Morgan fingerprint density at radius 2 is 1.93 bits per heavy atom. The molecule has 0 radical (unpaired) electrons. The van der Waals surface area contributed by atoms with Gasteiger partial charge in [0.25, 0.3) is 0 Å². The number of carbonyl (C=O) groups excluding carboxylic acids is 1. The Bertz CT molecular complexity index is 762. The highest BCUT2D eigenvalue weighted by Gasteiger charge is 2.26. The van der Waals surface area contributed by atoms with Crippen LogP contribution in [0.5, 0.6) is 0 Å². The largest absolute Gasteiger partial charge is 0.356 e. The Morgan fingerprint density at radius 3 is 2.67 bits per heavy atom. The molecule has 2 fully saturated rings. The van der Waals surface area contributed by atoms with E-state index in [1.807, 2.05) is 17.5 Å². The zero-order valence-electron chi connectivity index (χ0n) is 17.7. The summed E-state index contributed by atoms with van der Waals surface area (Å²) in [5.74, 6) is 1.66. The van der Waals surface area contributed by atoms with Crippen LogP contribution >= 0.6 is 11.3 Å². The maximum atomic E-state index is 12.5. The maximum Gasteiger partial charge on any atom is 0.241 e. The molecule has 4 rings (SSSR count). The molecule has 0 spiro atoms. The molecule has 1 N–H and O–H groups in total. The predicted molar refractivity (Wildman–Crippen MR) is 118 cm³/mol. The lowest BCUT2D eigenvalue weighted by Gasteiger charge is -2.30. The minimum Gasteiger partial charge on any atom is -0.356 e. The lowest BCUT2D eigenvalue weighted by atomic mass is 9.96. The quantitative estimate of drug-likeness (QED) is 0.646. The molecular weight excluding hydrogens is 398 g/mol. The fraction of sp³-hybridized carbons (Fsp3) is 0.682. The molecule has 8 heteroatoms. The highest BCUT2D eigenvalue weighted by Crippen LogP contribution is 2.23. The van der Waals surface area contributed by atoms with E-state index < -0.39 is 0 Å². The van der Waals surface area contributed by atoms with Crippen molar-refractivity contribution >= 4 is 17.2 Å². The van der Waals surface area contributed by atoms with Crippen LogP contribution in [0.3, 0.4) is 0 Å². The fourth-order valence-corrected chi connectivity index (χ4v) is 5.04. The van der Waals surface area contributed by atoms with Crippen LogP contribution in [0.4, 0.5) is 0 Å². The number of hydrogen-bond donors (Lipinski definition) is 1. The first-order valence-electron chi connectivity index (χ1n) is 11.4. The first-order valence-corrected chi connectivity index (χ1v) is 12.2. The number of amides is 1. The van der Waals surface area contributed by atoms with Crippen LogP contribution in [0.25, 0.3) is 10.7 Å². The topological polar surface area (TPSA) is 74.5 Å². The van der Waals surface area contributed by atoms with Crippen LogP contribution < -0.4 is 5.32 Å². The number of nitrogens with one attached hydrogen (secondary N) is 1. The number of rotatable bonds is 8. The van der Waals surface area contributed by atoms with Crippen molar-refractivity contribution in [2.45, 2.75) is 51.5 Å². The standard InChI is InChI=1S/C22H33N5O2S/c28-22(23-10-6-13-26-11-3-1-2-4-12-26)18-8-14-27(15-9-18)17-20-24-21(25-29-20)19-7-5-16-30-19/h5,7,16,18H,1-4,6,8-15,17H2,(H,23,28). The summed E-state index contributed by atoms with van der Waals surface area (Å²) in [4.78, 5) is 22.9. The molecule has 2 aromatic heterocycles. The summed E-state index contributed by atoms with van der Waals surface area (Å²) < 4.78 is 5.41. The molecule has 0 atom stereocenters. The summed E-state index contributed by atoms with van der Waals surface area (Å²) in [5, 5.41) is 9.26. The number of carbonyl (C=O) groups is 1. The molecule has 2 aromatic rings. The van der Waals surface area contributed by atoms with Crippen molar-refractivity contribution in [3.05, 3.63) is 23.4 Å². The molecule has 1 amide bonds. The first kappa shape index (κ1) is 21.5. The monoisotopic (exact) mass is 431 g/mol. The number of aromatic nitrogens is 2. The van der Waals surface area contributed by atoms with E-state index in [0.29, 0.717) is 18.3 Å². The maximum absolute atomic E-state index is 12.5. The summed E-state index contributed by atoms with van der Waals surface area (Å²) in [7, 11) is 0. The Morgan fingerprint density at radius 1 is 1.13 bits per heavy atom. The van der Waals surface area contributed by atoms with Crippen molar-refractivity contribution in [1.82, 2.24) is 25.3 Å². The molecule has 2 aliphatic heterocycles. The second-order valence-electron chi connectivity index (χ2n) is 8.44. The third kappa shape index (κ3) is 6.12. The van der Waals surface area contributed by atoms with E-state index in [1.165, 1.54) is 38.8 Å². The van der Waals surface area contributed by atoms with Gasteiger partial charge in [-0.1, -0.05) is 24.1 Å². The van der Waals surface area contributed by atoms with Crippen molar-refractivity contribution < 1.29 is 9.32 Å². The molecule has 2 saturated heterocycles. The predicted octanol–water partition coefficient (Wildman–Crippen LogP) is 3.39. The molecule has 0 bridgehead atoms. The van der Waals surface area contributed by atoms with E-state index in [0.717, 1.165) is 50.3 Å². The molecule has 2 aliphatic rings. The summed E-state index contributed by atoms with van der Waals surface area (Å²) in [5.41, 5.74) is 0. The minimum absolute atomic E-state index is 0.129. The van der Waals surface area contributed by atoms with Crippen molar-refractivity contribution in [3.8, 4) is 10.7 Å². The van der Waals surface area contributed by atoms with Gasteiger partial charge in [-0.2, -0.15) is 4.98 Å². The van der Waals surface area contributed by atoms with E-state index in [4.69, 9.17) is 4.52 Å². The van der Waals surface area contributed by atoms with Gasteiger partial charge in [-0.25, -0.2) is 0 Å². The second-order valence-corrected chi connectivity index (χ2v) is 9.39. The number of nitrogens with zero attached hydrogens (tertiary/aromatic N) is 4. The Balaban J connectivity index is 1.12. The highest BCUT2D eigenvalue weighted by atomic mass is 32.1. The number of thiophene rings is 1. The Kier molecular flexibility index (Phi) is 7.88. The average molecular weight is 432 g/mol. The van der Waals surface area contributed by atoms with Crippen LogP contribution in [0, 0.1) is 5.92 Å². The van der Waals surface area contributed by atoms with Crippen molar-refractivity contribution in [1.29, 1.82) is 0 Å².